The van der Waals surface area contributed by atoms with E-state index >= 15 is 0 Å². The van der Waals surface area contributed by atoms with Crippen LogP contribution in [0, 0.1) is 6.92 Å². The minimum atomic E-state index is -0.305. The second-order valence-corrected chi connectivity index (χ2v) is 8.33. The summed E-state index contributed by atoms with van der Waals surface area (Å²) in [5.74, 6) is 1.48. The predicted octanol–water partition coefficient (Wildman–Crippen LogP) is 3.07. The van der Waals surface area contributed by atoms with Crippen molar-refractivity contribution in [2.24, 2.45) is 0 Å². The molecule has 3 heterocycles. The molecular weight excluding hydrogens is 404 g/mol. The van der Waals surface area contributed by atoms with Gasteiger partial charge in [0.15, 0.2) is 5.82 Å². The molecule has 1 aliphatic rings. The minimum absolute atomic E-state index is 0.0982. The van der Waals surface area contributed by atoms with Crippen molar-refractivity contribution in [3.63, 3.8) is 0 Å². The number of aromatic nitrogens is 5. The van der Waals surface area contributed by atoms with Crippen molar-refractivity contribution >= 4 is 10.9 Å². The van der Waals surface area contributed by atoms with Crippen LogP contribution < -0.4 is 10.3 Å². The van der Waals surface area contributed by atoms with Crippen molar-refractivity contribution in [2.45, 2.75) is 32.4 Å². The third-order valence-corrected chi connectivity index (χ3v) is 6.13. The van der Waals surface area contributed by atoms with Crippen LogP contribution in [0.1, 0.15) is 41.4 Å². The lowest BCUT2D eigenvalue weighted by Crippen LogP contribution is -2.33. The van der Waals surface area contributed by atoms with Crippen LogP contribution in [-0.4, -0.2) is 50.3 Å². The topological polar surface area (TPSA) is 88.9 Å². The molecule has 0 bridgehead atoms. The van der Waals surface area contributed by atoms with E-state index in [1.165, 1.54) is 0 Å². The second-order valence-electron chi connectivity index (χ2n) is 8.33. The highest BCUT2D eigenvalue weighted by Crippen LogP contribution is 2.30. The van der Waals surface area contributed by atoms with Crippen molar-refractivity contribution in [3.8, 4) is 5.75 Å². The smallest absolute Gasteiger partial charge is 0.253 e. The van der Waals surface area contributed by atoms with Crippen LogP contribution in [0.15, 0.2) is 53.3 Å². The number of aromatic amines is 1. The summed E-state index contributed by atoms with van der Waals surface area (Å²) < 4.78 is 7.05. The van der Waals surface area contributed by atoms with Crippen LogP contribution in [0.25, 0.3) is 10.9 Å². The summed E-state index contributed by atoms with van der Waals surface area (Å²) in [5, 5.41) is 13.6. The lowest BCUT2D eigenvalue weighted by Gasteiger charge is -2.26. The molecule has 0 radical (unpaired) electrons. The summed E-state index contributed by atoms with van der Waals surface area (Å²) in [6, 6.07) is 15.6. The molecule has 2 aromatic heterocycles. The molecule has 0 spiro atoms. The maximum absolute atomic E-state index is 13.2. The van der Waals surface area contributed by atoms with Gasteiger partial charge >= 0.3 is 0 Å². The molecule has 2 aromatic carbocycles. The number of aryl methyl sites for hydroxylation is 1. The first-order valence-corrected chi connectivity index (χ1v) is 10.9. The summed E-state index contributed by atoms with van der Waals surface area (Å²) >= 11 is 0. The van der Waals surface area contributed by atoms with Crippen LogP contribution in [-0.2, 0) is 6.54 Å². The van der Waals surface area contributed by atoms with Gasteiger partial charge in [-0.1, -0.05) is 24.3 Å². The number of rotatable bonds is 6. The normalized spacial score (nSPS) is 15.3. The number of methoxy groups -OCH3 is 1. The van der Waals surface area contributed by atoms with Crippen LogP contribution in [0.2, 0.25) is 0 Å². The molecule has 0 aliphatic carbocycles. The van der Waals surface area contributed by atoms with E-state index < -0.39 is 0 Å². The maximum atomic E-state index is 13.2. The van der Waals surface area contributed by atoms with Crippen molar-refractivity contribution in [3.05, 3.63) is 81.4 Å². The largest absolute Gasteiger partial charge is 0.497 e. The number of tetrazole rings is 1. The minimum Gasteiger partial charge on any atom is -0.497 e. The van der Waals surface area contributed by atoms with Gasteiger partial charge in [0, 0.05) is 11.1 Å². The molecule has 164 valence electrons. The van der Waals surface area contributed by atoms with E-state index in [9.17, 15) is 4.79 Å². The highest BCUT2D eigenvalue weighted by atomic mass is 16.5. The quantitative estimate of drug-likeness (QED) is 0.506. The van der Waals surface area contributed by atoms with Gasteiger partial charge in [-0.05, 0) is 84.1 Å². The molecule has 1 aliphatic heterocycles. The Bertz CT molecular complexity index is 1290. The number of fused-ring (bicyclic) bond motifs is 1. The molecular formula is C24H26N6O2. The van der Waals surface area contributed by atoms with E-state index in [1.807, 2.05) is 49.4 Å². The second kappa shape index (κ2) is 8.55. The van der Waals surface area contributed by atoms with Gasteiger partial charge < -0.3 is 9.72 Å². The number of likely N-dealkylation sites (tertiary alicyclic amines) is 1. The summed E-state index contributed by atoms with van der Waals surface area (Å²) in [5.41, 5.74) is 3.59. The number of nitrogens with one attached hydrogen (secondary N) is 1. The van der Waals surface area contributed by atoms with Crippen LogP contribution >= 0.6 is 0 Å². The number of benzene rings is 2. The summed E-state index contributed by atoms with van der Waals surface area (Å²) in [6.07, 6.45) is 2.20. The zero-order chi connectivity index (χ0) is 22.1. The SMILES string of the molecule is COc1ccc(Cn2nnnc2C(c2cc3ccc(C)cc3[nH]c2=O)N2CCCC2)cc1. The molecule has 1 saturated heterocycles. The molecule has 8 nitrogen and oxygen atoms in total. The van der Waals surface area contributed by atoms with E-state index in [4.69, 9.17) is 4.74 Å². The highest BCUT2D eigenvalue weighted by Gasteiger charge is 2.32. The Hall–Kier alpha value is -3.52. The number of pyridine rings is 1. The Labute approximate surface area is 185 Å². The van der Waals surface area contributed by atoms with Gasteiger partial charge in [-0.15, -0.1) is 5.10 Å². The first-order chi connectivity index (χ1) is 15.6. The third-order valence-electron chi connectivity index (χ3n) is 6.13. The number of nitrogens with zero attached hydrogens (tertiary/aromatic N) is 5. The molecule has 4 aromatic rings. The zero-order valence-electron chi connectivity index (χ0n) is 18.3. The molecule has 1 fully saturated rings. The van der Waals surface area contributed by atoms with Gasteiger partial charge in [-0.25, -0.2) is 4.68 Å². The fourth-order valence-corrected chi connectivity index (χ4v) is 4.46. The summed E-state index contributed by atoms with van der Waals surface area (Å²) in [7, 11) is 1.65. The Morgan fingerprint density at radius 2 is 1.88 bits per heavy atom. The lowest BCUT2D eigenvalue weighted by molar-refractivity contribution is 0.263. The van der Waals surface area contributed by atoms with Crippen molar-refractivity contribution in [2.75, 3.05) is 20.2 Å². The molecule has 1 N–H and O–H groups in total. The van der Waals surface area contributed by atoms with Crippen LogP contribution in [0.4, 0.5) is 0 Å². The van der Waals surface area contributed by atoms with E-state index in [2.05, 4.69) is 31.5 Å². The standard InChI is InChI=1S/C24H26N6O2/c1-16-5-8-18-14-20(24(31)25-21(18)13-16)22(29-11-3-4-12-29)23-26-27-28-30(23)15-17-6-9-19(32-2)10-7-17/h5-10,13-14,22H,3-4,11-12,15H2,1-2H3,(H,25,31). The van der Waals surface area contributed by atoms with E-state index in [0.717, 1.165) is 53.7 Å². The van der Waals surface area contributed by atoms with E-state index in [-0.39, 0.29) is 11.6 Å². The van der Waals surface area contributed by atoms with Gasteiger partial charge in [0.25, 0.3) is 5.56 Å². The van der Waals surface area contributed by atoms with Gasteiger partial charge in [0.1, 0.15) is 11.8 Å². The van der Waals surface area contributed by atoms with E-state index in [0.29, 0.717) is 17.9 Å². The Balaban J connectivity index is 1.57. The number of hydrogen-bond acceptors (Lipinski definition) is 6. The van der Waals surface area contributed by atoms with E-state index in [1.54, 1.807) is 11.8 Å². The average molecular weight is 431 g/mol. The third kappa shape index (κ3) is 3.89. The van der Waals surface area contributed by atoms with Gasteiger partial charge in [-0.2, -0.15) is 0 Å². The molecule has 0 amide bonds. The monoisotopic (exact) mass is 430 g/mol. The average Bonchev–Trinajstić information content (AvgIpc) is 3.48. The fourth-order valence-electron chi connectivity index (χ4n) is 4.46. The van der Waals surface area contributed by atoms with Gasteiger partial charge in [0.2, 0.25) is 0 Å². The Morgan fingerprint density at radius 3 is 2.62 bits per heavy atom. The molecule has 0 saturated carbocycles. The number of ether oxygens (including phenoxy) is 1. The maximum Gasteiger partial charge on any atom is 0.253 e. The first-order valence-electron chi connectivity index (χ1n) is 10.9. The van der Waals surface area contributed by atoms with Crippen molar-refractivity contribution in [1.82, 2.24) is 30.1 Å². The molecule has 1 unspecified atom stereocenters. The predicted molar refractivity (Wildman–Crippen MR) is 122 cm³/mol. The lowest BCUT2D eigenvalue weighted by atomic mass is 10.0. The molecule has 1 atom stereocenters. The van der Waals surface area contributed by atoms with Crippen molar-refractivity contribution < 1.29 is 4.74 Å². The molecule has 32 heavy (non-hydrogen) atoms. The molecule has 8 heteroatoms. The Morgan fingerprint density at radius 1 is 1.09 bits per heavy atom. The number of hydrogen-bond donors (Lipinski definition) is 1. The Kier molecular flexibility index (Phi) is 5.45. The number of H-pyrrole nitrogens is 1. The zero-order valence-corrected chi connectivity index (χ0v) is 18.3. The highest BCUT2D eigenvalue weighted by molar-refractivity contribution is 5.79. The summed E-state index contributed by atoms with van der Waals surface area (Å²) in [6.45, 7) is 4.35. The fraction of sp³-hybridized carbons (Fsp3) is 0.333. The van der Waals surface area contributed by atoms with Gasteiger partial charge in [-0.3, -0.25) is 9.69 Å². The summed E-state index contributed by atoms with van der Waals surface area (Å²) in [4.78, 5) is 18.6. The van der Waals surface area contributed by atoms with Crippen LogP contribution in [0.5, 0.6) is 5.75 Å². The van der Waals surface area contributed by atoms with Crippen molar-refractivity contribution in [1.29, 1.82) is 0 Å². The molecule has 5 rings (SSSR count). The van der Waals surface area contributed by atoms with Crippen LogP contribution in [0.3, 0.4) is 0 Å². The van der Waals surface area contributed by atoms with Gasteiger partial charge in [0.05, 0.1) is 13.7 Å². The first kappa shape index (κ1) is 20.4.